The van der Waals surface area contributed by atoms with Crippen molar-refractivity contribution in [3.8, 4) is 0 Å². The van der Waals surface area contributed by atoms with Gasteiger partial charge < -0.3 is 9.32 Å². The second kappa shape index (κ2) is 9.07. The Labute approximate surface area is 171 Å². The van der Waals surface area contributed by atoms with E-state index in [0.717, 1.165) is 12.0 Å². The van der Waals surface area contributed by atoms with Gasteiger partial charge in [-0.25, -0.2) is 13.1 Å². The normalized spacial score (nSPS) is 11.4. The molecule has 3 aromatic rings. The molecule has 0 aliphatic heterocycles. The van der Waals surface area contributed by atoms with E-state index >= 15 is 0 Å². The standard InChI is InChI=1S/C22H24N2O4S/c1-3-17-6-8-18(9-7-17)16-24(2)22(25)19-10-12-21(13-11-19)29(26,27)23-15-20-5-4-14-28-20/h4-14,23H,3,15-16H2,1-2H3. The lowest BCUT2D eigenvalue weighted by atomic mass is 10.1. The molecule has 0 aliphatic carbocycles. The number of benzene rings is 2. The van der Waals surface area contributed by atoms with E-state index in [2.05, 4.69) is 23.8 Å². The summed E-state index contributed by atoms with van der Waals surface area (Å²) < 4.78 is 32.4. The molecule has 0 saturated carbocycles. The molecule has 0 bridgehead atoms. The van der Waals surface area contributed by atoms with E-state index in [-0.39, 0.29) is 17.3 Å². The van der Waals surface area contributed by atoms with Crippen molar-refractivity contribution in [1.82, 2.24) is 9.62 Å². The van der Waals surface area contributed by atoms with Gasteiger partial charge in [-0.15, -0.1) is 0 Å². The summed E-state index contributed by atoms with van der Waals surface area (Å²) in [5.74, 6) is 0.353. The number of aryl methyl sites for hydroxylation is 1. The van der Waals surface area contributed by atoms with Crippen molar-refractivity contribution < 1.29 is 17.6 Å². The summed E-state index contributed by atoms with van der Waals surface area (Å²) in [6.07, 6.45) is 2.46. The van der Waals surface area contributed by atoms with E-state index in [1.165, 1.54) is 36.1 Å². The molecule has 0 saturated heterocycles. The molecule has 29 heavy (non-hydrogen) atoms. The summed E-state index contributed by atoms with van der Waals surface area (Å²) >= 11 is 0. The molecule has 0 radical (unpaired) electrons. The van der Waals surface area contributed by atoms with Crippen LogP contribution in [0.5, 0.6) is 0 Å². The van der Waals surface area contributed by atoms with E-state index in [1.54, 1.807) is 24.1 Å². The molecule has 0 unspecified atom stereocenters. The molecule has 152 valence electrons. The fraction of sp³-hybridized carbons (Fsp3) is 0.227. The lowest BCUT2D eigenvalue weighted by Gasteiger charge is -2.18. The first kappa shape index (κ1) is 20.8. The number of rotatable bonds is 8. The summed E-state index contributed by atoms with van der Waals surface area (Å²) in [7, 11) is -1.96. The van der Waals surface area contributed by atoms with Crippen LogP contribution in [0, 0.1) is 0 Å². The van der Waals surface area contributed by atoms with E-state index in [4.69, 9.17) is 4.42 Å². The average molecular weight is 413 g/mol. The average Bonchev–Trinajstić information content (AvgIpc) is 3.26. The van der Waals surface area contributed by atoms with Gasteiger partial charge >= 0.3 is 0 Å². The molecular formula is C22H24N2O4S. The fourth-order valence-corrected chi connectivity index (χ4v) is 3.88. The zero-order valence-electron chi connectivity index (χ0n) is 16.5. The van der Waals surface area contributed by atoms with Gasteiger partial charge in [-0.3, -0.25) is 4.79 Å². The van der Waals surface area contributed by atoms with Crippen molar-refractivity contribution in [3.05, 3.63) is 89.4 Å². The number of nitrogens with zero attached hydrogens (tertiary/aromatic N) is 1. The van der Waals surface area contributed by atoms with Gasteiger partial charge in [-0.05, 0) is 53.9 Å². The Bertz CT molecular complexity index is 1040. The Morgan fingerprint density at radius 3 is 2.24 bits per heavy atom. The molecule has 0 atom stereocenters. The van der Waals surface area contributed by atoms with Crippen LogP contribution in [-0.4, -0.2) is 26.3 Å². The van der Waals surface area contributed by atoms with Gasteiger partial charge in [0.2, 0.25) is 10.0 Å². The lowest BCUT2D eigenvalue weighted by molar-refractivity contribution is 0.0785. The molecule has 1 N–H and O–H groups in total. The van der Waals surface area contributed by atoms with Crippen molar-refractivity contribution in [2.45, 2.75) is 31.3 Å². The highest BCUT2D eigenvalue weighted by Crippen LogP contribution is 2.14. The van der Waals surface area contributed by atoms with Crippen LogP contribution in [-0.2, 0) is 29.5 Å². The molecular weight excluding hydrogens is 388 g/mol. The van der Waals surface area contributed by atoms with Crippen LogP contribution in [0.3, 0.4) is 0 Å². The molecule has 6 nitrogen and oxygen atoms in total. The number of hydrogen-bond donors (Lipinski definition) is 1. The zero-order chi connectivity index (χ0) is 20.9. The third kappa shape index (κ3) is 5.34. The Morgan fingerprint density at radius 1 is 1.00 bits per heavy atom. The Morgan fingerprint density at radius 2 is 1.66 bits per heavy atom. The molecule has 2 aromatic carbocycles. The lowest BCUT2D eigenvalue weighted by Crippen LogP contribution is -2.26. The van der Waals surface area contributed by atoms with Crippen LogP contribution in [0.2, 0.25) is 0 Å². The summed E-state index contributed by atoms with van der Waals surface area (Å²) in [5.41, 5.74) is 2.72. The van der Waals surface area contributed by atoms with Crippen molar-refractivity contribution in [2.24, 2.45) is 0 Å². The van der Waals surface area contributed by atoms with Gasteiger partial charge in [0.15, 0.2) is 0 Å². The molecule has 1 heterocycles. The molecule has 1 aromatic heterocycles. The molecule has 3 rings (SSSR count). The molecule has 0 spiro atoms. The maximum Gasteiger partial charge on any atom is 0.253 e. The molecule has 7 heteroatoms. The SMILES string of the molecule is CCc1ccc(CN(C)C(=O)c2ccc(S(=O)(=O)NCc3ccco3)cc2)cc1. The summed E-state index contributed by atoms with van der Waals surface area (Å²) in [6.45, 7) is 2.64. The third-order valence-corrected chi connectivity index (χ3v) is 6.04. The highest BCUT2D eigenvalue weighted by Gasteiger charge is 2.17. The maximum absolute atomic E-state index is 12.7. The van der Waals surface area contributed by atoms with E-state index in [9.17, 15) is 13.2 Å². The minimum atomic E-state index is -3.69. The van der Waals surface area contributed by atoms with Crippen LogP contribution in [0.15, 0.2) is 76.2 Å². The zero-order valence-corrected chi connectivity index (χ0v) is 17.3. The predicted molar refractivity (Wildman–Crippen MR) is 111 cm³/mol. The van der Waals surface area contributed by atoms with Crippen LogP contribution in [0.25, 0.3) is 0 Å². The monoisotopic (exact) mass is 412 g/mol. The van der Waals surface area contributed by atoms with Crippen molar-refractivity contribution in [1.29, 1.82) is 0 Å². The Balaban J connectivity index is 1.64. The Kier molecular flexibility index (Phi) is 6.51. The highest BCUT2D eigenvalue weighted by molar-refractivity contribution is 7.89. The summed E-state index contributed by atoms with van der Waals surface area (Å²) in [5, 5.41) is 0. The highest BCUT2D eigenvalue weighted by atomic mass is 32.2. The number of amides is 1. The van der Waals surface area contributed by atoms with Gasteiger partial charge in [0.1, 0.15) is 5.76 Å². The quantitative estimate of drug-likeness (QED) is 0.613. The van der Waals surface area contributed by atoms with Crippen LogP contribution in [0.4, 0.5) is 0 Å². The first-order valence-electron chi connectivity index (χ1n) is 9.34. The van der Waals surface area contributed by atoms with Crippen LogP contribution in [0.1, 0.15) is 34.2 Å². The number of hydrogen-bond acceptors (Lipinski definition) is 4. The topological polar surface area (TPSA) is 79.6 Å². The number of carbonyl (C=O) groups is 1. The molecule has 1 amide bonds. The largest absolute Gasteiger partial charge is 0.468 e. The third-order valence-electron chi connectivity index (χ3n) is 4.63. The van der Waals surface area contributed by atoms with E-state index in [1.807, 2.05) is 12.1 Å². The minimum absolute atomic E-state index is 0.0651. The number of furan rings is 1. The van der Waals surface area contributed by atoms with Gasteiger partial charge in [-0.2, -0.15) is 0 Å². The minimum Gasteiger partial charge on any atom is -0.468 e. The first-order chi connectivity index (χ1) is 13.9. The summed E-state index contributed by atoms with van der Waals surface area (Å²) in [4.78, 5) is 14.4. The number of carbonyl (C=O) groups excluding carboxylic acids is 1. The smallest absolute Gasteiger partial charge is 0.253 e. The predicted octanol–water partition coefficient (Wildman–Crippen LogP) is 3.59. The maximum atomic E-state index is 12.7. The van der Waals surface area contributed by atoms with E-state index < -0.39 is 10.0 Å². The first-order valence-corrected chi connectivity index (χ1v) is 10.8. The van der Waals surface area contributed by atoms with Crippen molar-refractivity contribution >= 4 is 15.9 Å². The summed E-state index contributed by atoms with van der Waals surface area (Å²) in [6, 6.07) is 17.5. The van der Waals surface area contributed by atoms with Crippen molar-refractivity contribution in [3.63, 3.8) is 0 Å². The Hall–Kier alpha value is -2.90. The van der Waals surface area contributed by atoms with Gasteiger partial charge in [-0.1, -0.05) is 31.2 Å². The van der Waals surface area contributed by atoms with Crippen LogP contribution < -0.4 is 4.72 Å². The number of nitrogens with one attached hydrogen (secondary N) is 1. The molecule has 0 aliphatic rings. The molecule has 0 fully saturated rings. The van der Waals surface area contributed by atoms with Gasteiger partial charge in [0.25, 0.3) is 5.91 Å². The number of sulfonamides is 1. The van der Waals surface area contributed by atoms with Gasteiger partial charge in [0.05, 0.1) is 17.7 Å². The fourth-order valence-electron chi connectivity index (χ4n) is 2.89. The van der Waals surface area contributed by atoms with Gasteiger partial charge in [0, 0.05) is 19.2 Å². The van der Waals surface area contributed by atoms with Crippen LogP contribution >= 0.6 is 0 Å². The second-order valence-electron chi connectivity index (χ2n) is 6.76. The van der Waals surface area contributed by atoms with E-state index in [0.29, 0.717) is 17.9 Å². The van der Waals surface area contributed by atoms with Crippen molar-refractivity contribution in [2.75, 3.05) is 7.05 Å². The second-order valence-corrected chi connectivity index (χ2v) is 8.53.